The van der Waals surface area contributed by atoms with E-state index in [4.69, 9.17) is 0 Å². The molecule has 0 aliphatic carbocycles. The summed E-state index contributed by atoms with van der Waals surface area (Å²) in [5, 5.41) is 2.57. The Balaban J connectivity index is 2.47. The van der Waals surface area contributed by atoms with Crippen molar-refractivity contribution in [1.29, 1.82) is 0 Å². The van der Waals surface area contributed by atoms with Crippen LogP contribution in [0.3, 0.4) is 0 Å². The number of rotatable bonds is 6. The number of nitrogens with one attached hydrogen (secondary N) is 1. The summed E-state index contributed by atoms with van der Waals surface area (Å²) < 4.78 is 32.3. The van der Waals surface area contributed by atoms with Crippen molar-refractivity contribution >= 4 is 49.2 Å². The van der Waals surface area contributed by atoms with Gasteiger partial charge in [-0.1, -0.05) is 12.1 Å². The van der Waals surface area contributed by atoms with Crippen molar-refractivity contribution in [2.75, 3.05) is 23.3 Å². The molecule has 0 atom stereocenters. The number of amides is 1. The molecule has 0 radical (unpaired) electrons. The van der Waals surface area contributed by atoms with Gasteiger partial charge in [-0.05, 0) is 52.3 Å². The zero-order valence-electron chi connectivity index (χ0n) is 14.1. The molecule has 1 N–H and O–H groups in total. The Morgan fingerprint density at radius 2 is 1.73 bits per heavy atom. The number of sulfonamides is 1. The van der Waals surface area contributed by atoms with Crippen molar-refractivity contribution in [2.45, 2.75) is 11.8 Å². The molecule has 0 aliphatic rings. The summed E-state index contributed by atoms with van der Waals surface area (Å²) in [5.41, 5.74) is 0.778. The van der Waals surface area contributed by atoms with Crippen molar-refractivity contribution in [2.24, 2.45) is 0 Å². The van der Waals surface area contributed by atoms with Gasteiger partial charge in [0.1, 0.15) is 6.54 Å². The minimum Gasteiger partial charge on any atom is -0.468 e. The molecule has 0 fully saturated rings. The molecule has 1 amide bonds. The lowest BCUT2D eigenvalue weighted by atomic mass is 10.3. The SMILES string of the molecule is COC(=O)CN(c1ccccc1Br)S(=O)(=O)c1ccc(NC(C)=O)cc1. The monoisotopic (exact) mass is 440 g/mol. The van der Waals surface area contributed by atoms with Gasteiger partial charge < -0.3 is 10.1 Å². The van der Waals surface area contributed by atoms with Crippen LogP contribution < -0.4 is 9.62 Å². The van der Waals surface area contributed by atoms with E-state index in [1.54, 1.807) is 24.3 Å². The van der Waals surface area contributed by atoms with Crippen LogP contribution in [0.1, 0.15) is 6.92 Å². The zero-order valence-corrected chi connectivity index (χ0v) is 16.5. The summed E-state index contributed by atoms with van der Waals surface area (Å²) in [6.45, 7) is 0.880. The predicted molar refractivity (Wildman–Crippen MR) is 101 cm³/mol. The van der Waals surface area contributed by atoms with Crippen LogP contribution in [-0.4, -0.2) is 33.9 Å². The number of nitrogens with zero attached hydrogens (tertiary/aromatic N) is 1. The number of carbonyl (C=O) groups is 2. The van der Waals surface area contributed by atoms with Gasteiger partial charge in [-0.2, -0.15) is 0 Å². The maximum atomic E-state index is 13.1. The molecule has 0 heterocycles. The average Bonchev–Trinajstić information content (AvgIpc) is 2.60. The molecule has 0 aromatic heterocycles. The number of esters is 1. The van der Waals surface area contributed by atoms with Crippen molar-refractivity contribution in [3.8, 4) is 0 Å². The minimum atomic E-state index is -4.04. The van der Waals surface area contributed by atoms with E-state index in [0.717, 1.165) is 4.31 Å². The first kappa shape index (κ1) is 19.9. The van der Waals surface area contributed by atoms with Crippen LogP contribution in [0, 0.1) is 0 Å². The fourth-order valence-electron chi connectivity index (χ4n) is 2.18. The molecule has 9 heteroatoms. The second-order valence-electron chi connectivity index (χ2n) is 5.24. The van der Waals surface area contributed by atoms with Crippen molar-refractivity contribution in [3.05, 3.63) is 53.0 Å². The number of anilines is 2. The fourth-order valence-corrected chi connectivity index (χ4v) is 4.22. The number of methoxy groups -OCH3 is 1. The summed E-state index contributed by atoms with van der Waals surface area (Å²) in [6.07, 6.45) is 0. The van der Waals surface area contributed by atoms with E-state index >= 15 is 0 Å². The van der Waals surface area contributed by atoms with Gasteiger partial charge in [0.15, 0.2) is 0 Å². The highest BCUT2D eigenvalue weighted by atomic mass is 79.9. The summed E-state index contributed by atoms with van der Waals surface area (Å²) >= 11 is 3.31. The Morgan fingerprint density at radius 3 is 2.27 bits per heavy atom. The van der Waals surface area contributed by atoms with E-state index in [-0.39, 0.29) is 10.8 Å². The van der Waals surface area contributed by atoms with Crippen LogP contribution in [-0.2, 0) is 24.3 Å². The number of ether oxygens (including phenoxy) is 1. The fraction of sp³-hybridized carbons (Fsp3) is 0.176. The normalized spacial score (nSPS) is 10.9. The Hall–Kier alpha value is -2.39. The van der Waals surface area contributed by atoms with E-state index in [1.807, 2.05) is 0 Å². The van der Waals surface area contributed by atoms with Gasteiger partial charge in [-0.3, -0.25) is 13.9 Å². The van der Waals surface area contributed by atoms with Crippen LogP contribution in [0.5, 0.6) is 0 Å². The lowest BCUT2D eigenvalue weighted by Crippen LogP contribution is -2.36. The molecule has 2 rings (SSSR count). The standard InChI is InChI=1S/C17H17BrN2O5S/c1-12(21)19-13-7-9-14(10-8-13)26(23,24)20(11-17(22)25-2)16-6-4-3-5-15(16)18/h3-10H,11H2,1-2H3,(H,19,21). The smallest absolute Gasteiger partial charge is 0.326 e. The third-order valence-corrected chi connectivity index (χ3v) is 5.83. The van der Waals surface area contributed by atoms with Gasteiger partial charge >= 0.3 is 5.97 Å². The minimum absolute atomic E-state index is 0.0220. The van der Waals surface area contributed by atoms with Crippen LogP contribution in [0.25, 0.3) is 0 Å². The molecule has 2 aromatic carbocycles. The molecule has 138 valence electrons. The molecular weight excluding hydrogens is 424 g/mol. The Labute approximate surface area is 160 Å². The van der Waals surface area contributed by atoms with Gasteiger partial charge in [-0.15, -0.1) is 0 Å². The van der Waals surface area contributed by atoms with Crippen LogP contribution in [0.2, 0.25) is 0 Å². The molecule has 0 saturated heterocycles. The largest absolute Gasteiger partial charge is 0.468 e. The number of benzene rings is 2. The Morgan fingerprint density at radius 1 is 1.12 bits per heavy atom. The topological polar surface area (TPSA) is 92.8 Å². The van der Waals surface area contributed by atoms with Gasteiger partial charge in [0, 0.05) is 17.1 Å². The van der Waals surface area contributed by atoms with E-state index in [2.05, 4.69) is 26.0 Å². The Bertz CT molecular complexity index is 913. The number of halogens is 1. The van der Waals surface area contributed by atoms with E-state index in [0.29, 0.717) is 15.8 Å². The maximum Gasteiger partial charge on any atom is 0.326 e. The van der Waals surface area contributed by atoms with E-state index in [1.165, 1.54) is 38.3 Å². The Kier molecular flexibility index (Phi) is 6.38. The lowest BCUT2D eigenvalue weighted by molar-refractivity contribution is -0.138. The molecule has 0 spiro atoms. The highest BCUT2D eigenvalue weighted by Crippen LogP contribution is 2.31. The third kappa shape index (κ3) is 4.61. The first-order valence-corrected chi connectivity index (χ1v) is 9.70. The van der Waals surface area contributed by atoms with Crippen molar-refractivity contribution < 1.29 is 22.7 Å². The van der Waals surface area contributed by atoms with Crippen molar-refractivity contribution in [3.63, 3.8) is 0 Å². The predicted octanol–water partition coefficient (Wildman–Crippen LogP) is 2.78. The quantitative estimate of drug-likeness (QED) is 0.696. The summed E-state index contributed by atoms with van der Waals surface area (Å²) in [7, 11) is -2.85. The number of para-hydroxylation sites is 1. The molecule has 0 aliphatic heterocycles. The second kappa shape index (κ2) is 8.33. The maximum absolute atomic E-state index is 13.1. The number of carbonyl (C=O) groups excluding carboxylic acids is 2. The van der Waals surface area contributed by atoms with E-state index < -0.39 is 22.5 Å². The number of hydrogen-bond acceptors (Lipinski definition) is 5. The average molecular weight is 441 g/mol. The number of hydrogen-bond donors (Lipinski definition) is 1. The van der Waals surface area contributed by atoms with Crippen LogP contribution in [0.15, 0.2) is 57.9 Å². The summed E-state index contributed by atoms with van der Waals surface area (Å²) in [5.74, 6) is -0.958. The highest BCUT2D eigenvalue weighted by Gasteiger charge is 2.28. The third-order valence-electron chi connectivity index (χ3n) is 3.38. The zero-order chi connectivity index (χ0) is 19.3. The molecule has 0 saturated carbocycles. The molecule has 7 nitrogen and oxygen atoms in total. The molecule has 2 aromatic rings. The first-order valence-electron chi connectivity index (χ1n) is 7.47. The molecule has 0 unspecified atom stereocenters. The molecule has 0 bridgehead atoms. The first-order chi connectivity index (χ1) is 12.3. The summed E-state index contributed by atoms with van der Waals surface area (Å²) in [6, 6.07) is 12.3. The van der Waals surface area contributed by atoms with Gasteiger partial charge in [0.2, 0.25) is 5.91 Å². The lowest BCUT2D eigenvalue weighted by Gasteiger charge is -2.24. The van der Waals surface area contributed by atoms with Crippen LogP contribution >= 0.6 is 15.9 Å². The van der Waals surface area contributed by atoms with Gasteiger partial charge in [0.05, 0.1) is 17.7 Å². The molecule has 26 heavy (non-hydrogen) atoms. The summed E-state index contributed by atoms with van der Waals surface area (Å²) in [4.78, 5) is 22.8. The van der Waals surface area contributed by atoms with Gasteiger partial charge in [-0.25, -0.2) is 8.42 Å². The highest BCUT2D eigenvalue weighted by molar-refractivity contribution is 9.10. The molecular formula is C17H17BrN2O5S. The second-order valence-corrected chi connectivity index (χ2v) is 7.96. The van der Waals surface area contributed by atoms with Crippen molar-refractivity contribution in [1.82, 2.24) is 0 Å². The van der Waals surface area contributed by atoms with E-state index in [9.17, 15) is 18.0 Å². The van der Waals surface area contributed by atoms with Crippen LogP contribution in [0.4, 0.5) is 11.4 Å². The van der Waals surface area contributed by atoms with Gasteiger partial charge in [0.25, 0.3) is 10.0 Å².